The average Bonchev–Trinajstić information content (AvgIpc) is 3.08. The van der Waals surface area contributed by atoms with Crippen LogP contribution in [0.2, 0.25) is 0 Å². The van der Waals surface area contributed by atoms with Gasteiger partial charge in [0.2, 0.25) is 5.91 Å². The highest BCUT2D eigenvalue weighted by Gasteiger charge is 2.28. The summed E-state index contributed by atoms with van der Waals surface area (Å²) >= 11 is 1.41. The lowest BCUT2D eigenvalue weighted by atomic mass is 9.88. The number of aromatic nitrogens is 1. The van der Waals surface area contributed by atoms with Crippen LogP contribution in [0.25, 0.3) is 10.2 Å². The molecule has 1 aliphatic carbocycles. The molecule has 0 unspecified atom stereocenters. The standard InChI is InChI=1S/C20H28FN3OS.ClH/c1-3-23(4-2)12-13-24(19(25)15-8-6-5-7-9-15)20-22-17-11-10-16(21)14-18(17)26-20;/h10-11,14-15H,3-9,12-13H2,1-2H3;1H. The van der Waals surface area contributed by atoms with Gasteiger partial charge in [-0.25, -0.2) is 9.37 Å². The van der Waals surface area contributed by atoms with Gasteiger partial charge in [0.15, 0.2) is 5.13 Å². The first kappa shape index (κ1) is 22.1. The third kappa shape index (κ3) is 5.39. The quantitative estimate of drug-likeness (QED) is 0.632. The lowest BCUT2D eigenvalue weighted by Gasteiger charge is -2.29. The second-order valence-corrected chi connectivity index (χ2v) is 7.97. The fraction of sp³-hybridized carbons (Fsp3) is 0.600. The van der Waals surface area contributed by atoms with Gasteiger partial charge in [0, 0.05) is 19.0 Å². The summed E-state index contributed by atoms with van der Waals surface area (Å²) in [6, 6.07) is 4.62. The van der Waals surface area contributed by atoms with Gasteiger partial charge in [-0.2, -0.15) is 0 Å². The zero-order valence-electron chi connectivity index (χ0n) is 16.1. The summed E-state index contributed by atoms with van der Waals surface area (Å²) in [6.07, 6.45) is 5.43. The van der Waals surface area contributed by atoms with Gasteiger partial charge in [0.05, 0.1) is 10.2 Å². The van der Waals surface area contributed by atoms with Gasteiger partial charge in [-0.05, 0) is 44.1 Å². The molecule has 3 rings (SSSR count). The van der Waals surface area contributed by atoms with Gasteiger partial charge >= 0.3 is 0 Å². The molecular weight excluding hydrogens is 385 g/mol. The van der Waals surface area contributed by atoms with E-state index < -0.39 is 0 Å². The zero-order valence-corrected chi connectivity index (χ0v) is 17.8. The molecule has 7 heteroatoms. The topological polar surface area (TPSA) is 36.4 Å². The molecule has 2 aromatic rings. The molecule has 0 atom stereocenters. The van der Waals surface area contributed by atoms with Gasteiger partial charge in [-0.3, -0.25) is 9.69 Å². The SMILES string of the molecule is CCN(CC)CCN(C(=O)C1CCCCC1)c1nc2ccc(F)cc2s1.Cl. The Kier molecular flexibility index (Phi) is 8.45. The van der Waals surface area contributed by atoms with Crippen LogP contribution in [0.15, 0.2) is 18.2 Å². The van der Waals surface area contributed by atoms with Gasteiger partial charge in [0.1, 0.15) is 5.82 Å². The number of benzene rings is 1. The maximum absolute atomic E-state index is 13.5. The maximum Gasteiger partial charge on any atom is 0.231 e. The third-order valence-electron chi connectivity index (χ3n) is 5.32. The minimum absolute atomic E-state index is 0. The van der Waals surface area contributed by atoms with E-state index in [0.717, 1.165) is 55.5 Å². The maximum atomic E-state index is 13.5. The first-order chi connectivity index (χ1) is 12.6. The molecule has 4 nitrogen and oxygen atoms in total. The number of rotatable bonds is 7. The molecule has 0 bridgehead atoms. The van der Waals surface area contributed by atoms with E-state index in [1.54, 1.807) is 6.07 Å². The molecule has 0 aliphatic heterocycles. The van der Waals surface area contributed by atoms with Gasteiger partial charge in [-0.1, -0.05) is 44.4 Å². The Bertz CT molecular complexity index is 744. The fourth-order valence-corrected chi connectivity index (χ4v) is 4.67. The van der Waals surface area contributed by atoms with E-state index in [0.29, 0.717) is 11.7 Å². The Morgan fingerprint density at radius 1 is 1.19 bits per heavy atom. The third-order valence-corrected chi connectivity index (χ3v) is 6.37. The minimum Gasteiger partial charge on any atom is -0.302 e. The summed E-state index contributed by atoms with van der Waals surface area (Å²) in [5.41, 5.74) is 0.760. The number of hydrogen-bond acceptors (Lipinski definition) is 4. The van der Waals surface area contributed by atoms with Crippen molar-refractivity contribution in [1.29, 1.82) is 0 Å². The van der Waals surface area contributed by atoms with E-state index in [1.807, 2.05) is 4.90 Å². The lowest BCUT2D eigenvalue weighted by molar-refractivity contribution is -0.123. The molecule has 150 valence electrons. The van der Waals surface area contributed by atoms with Crippen molar-refractivity contribution in [3.05, 3.63) is 24.0 Å². The molecule has 1 saturated carbocycles. The predicted molar refractivity (Wildman–Crippen MR) is 114 cm³/mol. The second kappa shape index (κ2) is 10.3. The monoisotopic (exact) mass is 413 g/mol. The Labute approximate surface area is 171 Å². The number of halogens is 2. The van der Waals surface area contributed by atoms with E-state index >= 15 is 0 Å². The van der Waals surface area contributed by atoms with Crippen molar-refractivity contribution < 1.29 is 9.18 Å². The van der Waals surface area contributed by atoms with Gasteiger partial charge in [0.25, 0.3) is 0 Å². The first-order valence-corrected chi connectivity index (χ1v) is 10.5. The highest BCUT2D eigenvalue weighted by molar-refractivity contribution is 7.22. The smallest absolute Gasteiger partial charge is 0.231 e. The fourth-order valence-electron chi connectivity index (χ4n) is 3.65. The van der Waals surface area contributed by atoms with Crippen LogP contribution in [0.1, 0.15) is 46.0 Å². The van der Waals surface area contributed by atoms with Crippen LogP contribution < -0.4 is 4.90 Å². The van der Waals surface area contributed by atoms with E-state index in [1.165, 1.54) is 29.9 Å². The summed E-state index contributed by atoms with van der Waals surface area (Å²) in [7, 11) is 0. The van der Waals surface area contributed by atoms with Crippen LogP contribution in [0.5, 0.6) is 0 Å². The van der Waals surface area contributed by atoms with Crippen molar-refractivity contribution in [2.75, 3.05) is 31.1 Å². The number of amides is 1. The molecule has 0 saturated heterocycles. The molecule has 1 amide bonds. The van der Waals surface area contributed by atoms with Crippen LogP contribution in [-0.2, 0) is 4.79 Å². The Hall–Kier alpha value is -1.24. The van der Waals surface area contributed by atoms with E-state index in [9.17, 15) is 9.18 Å². The van der Waals surface area contributed by atoms with Crippen molar-refractivity contribution in [1.82, 2.24) is 9.88 Å². The molecule has 1 aromatic carbocycles. The molecule has 1 aromatic heterocycles. The molecule has 0 N–H and O–H groups in total. The normalized spacial score (nSPS) is 15.1. The molecule has 1 fully saturated rings. The average molecular weight is 414 g/mol. The Morgan fingerprint density at radius 2 is 1.89 bits per heavy atom. The van der Waals surface area contributed by atoms with E-state index in [-0.39, 0.29) is 30.0 Å². The van der Waals surface area contributed by atoms with Gasteiger partial charge in [-0.15, -0.1) is 12.4 Å². The second-order valence-electron chi connectivity index (χ2n) is 6.96. The summed E-state index contributed by atoms with van der Waals surface area (Å²) in [4.78, 5) is 22.0. The Morgan fingerprint density at radius 3 is 2.56 bits per heavy atom. The van der Waals surface area contributed by atoms with E-state index in [4.69, 9.17) is 0 Å². The molecule has 27 heavy (non-hydrogen) atoms. The first-order valence-electron chi connectivity index (χ1n) is 9.72. The molecule has 0 spiro atoms. The predicted octanol–water partition coefficient (Wildman–Crippen LogP) is 5.11. The van der Waals surface area contributed by atoms with Crippen molar-refractivity contribution in [3.63, 3.8) is 0 Å². The summed E-state index contributed by atoms with van der Waals surface area (Å²) in [5.74, 6) is 0.0292. The molecule has 1 heterocycles. The van der Waals surface area contributed by atoms with Crippen molar-refractivity contribution >= 4 is 45.0 Å². The Balaban J connectivity index is 0.00000261. The summed E-state index contributed by atoms with van der Waals surface area (Å²) in [5, 5.41) is 0.702. The minimum atomic E-state index is -0.263. The number of carbonyl (C=O) groups is 1. The van der Waals surface area contributed by atoms with Gasteiger partial charge < -0.3 is 4.90 Å². The number of carbonyl (C=O) groups excluding carboxylic acids is 1. The van der Waals surface area contributed by atoms with Crippen LogP contribution in [0.3, 0.4) is 0 Å². The zero-order chi connectivity index (χ0) is 18.5. The summed E-state index contributed by atoms with van der Waals surface area (Å²) < 4.78 is 14.3. The van der Waals surface area contributed by atoms with E-state index in [2.05, 4.69) is 23.7 Å². The number of hydrogen-bond donors (Lipinski definition) is 0. The number of fused-ring (bicyclic) bond motifs is 1. The van der Waals surface area contributed by atoms with Crippen LogP contribution in [-0.4, -0.2) is 42.0 Å². The largest absolute Gasteiger partial charge is 0.302 e. The molecular formula is C20H29ClFN3OS. The van der Waals surface area contributed by atoms with Crippen LogP contribution >= 0.6 is 23.7 Å². The number of likely N-dealkylation sites (N-methyl/N-ethyl adjacent to an activating group) is 1. The highest BCUT2D eigenvalue weighted by Crippen LogP contribution is 2.32. The lowest BCUT2D eigenvalue weighted by Crippen LogP contribution is -2.42. The number of nitrogens with zero attached hydrogens (tertiary/aromatic N) is 3. The van der Waals surface area contributed by atoms with Crippen LogP contribution in [0.4, 0.5) is 9.52 Å². The van der Waals surface area contributed by atoms with Crippen molar-refractivity contribution in [2.45, 2.75) is 46.0 Å². The van der Waals surface area contributed by atoms with Crippen molar-refractivity contribution in [3.8, 4) is 0 Å². The van der Waals surface area contributed by atoms with Crippen LogP contribution in [0, 0.1) is 11.7 Å². The number of anilines is 1. The highest BCUT2D eigenvalue weighted by atomic mass is 35.5. The van der Waals surface area contributed by atoms with Crippen molar-refractivity contribution in [2.24, 2.45) is 5.92 Å². The molecule has 0 radical (unpaired) electrons. The number of thiazole rings is 1. The summed E-state index contributed by atoms with van der Waals surface area (Å²) in [6.45, 7) is 7.67. The molecule has 1 aliphatic rings.